The highest BCUT2D eigenvalue weighted by molar-refractivity contribution is 5.91. The molecule has 2 aliphatic rings. The lowest BCUT2D eigenvalue weighted by molar-refractivity contribution is -0.123. The molecule has 72 valence electrons. The van der Waals surface area contributed by atoms with Crippen LogP contribution >= 0.6 is 0 Å². The van der Waals surface area contributed by atoms with Gasteiger partial charge in [-0.1, -0.05) is 30.3 Å². The van der Waals surface area contributed by atoms with E-state index in [1.54, 1.807) is 0 Å². The highest BCUT2D eigenvalue weighted by atomic mass is 16.1. The van der Waals surface area contributed by atoms with Crippen LogP contribution in [0.1, 0.15) is 30.7 Å². The average molecular weight is 186 g/mol. The maximum Gasteiger partial charge on any atom is 0.143 e. The molecule has 0 unspecified atom stereocenters. The molecule has 0 aromatic heterocycles. The monoisotopic (exact) mass is 186 g/mol. The van der Waals surface area contributed by atoms with Crippen LogP contribution in [0.15, 0.2) is 30.3 Å². The van der Waals surface area contributed by atoms with E-state index in [2.05, 4.69) is 12.1 Å². The highest BCUT2D eigenvalue weighted by Gasteiger charge is 2.46. The summed E-state index contributed by atoms with van der Waals surface area (Å²) in [7, 11) is 0. The van der Waals surface area contributed by atoms with Gasteiger partial charge >= 0.3 is 0 Å². The second-order valence-electron chi connectivity index (χ2n) is 4.56. The number of carbonyl (C=O) groups excluding carboxylic acids is 1. The number of hydrogen-bond acceptors (Lipinski definition) is 1. The molecule has 0 spiro atoms. The second kappa shape index (κ2) is 2.94. The lowest BCUT2D eigenvalue weighted by Gasteiger charge is -2.20. The molecule has 3 rings (SSSR count). The van der Waals surface area contributed by atoms with E-state index in [4.69, 9.17) is 0 Å². The number of benzene rings is 1. The van der Waals surface area contributed by atoms with Gasteiger partial charge in [-0.25, -0.2) is 0 Å². The summed E-state index contributed by atoms with van der Waals surface area (Å²) < 4.78 is 0. The maximum atomic E-state index is 12.0. The van der Waals surface area contributed by atoms with E-state index in [-0.39, 0.29) is 5.92 Å². The first-order chi connectivity index (χ1) is 6.86. The van der Waals surface area contributed by atoms with Gasteiger partial charge in [-0.3, -0.25) is 4.79 Å². The number of Topliss-reactive ketones (excluding diaryl/α,β-unsaturated/α-hetero) is 1. The Morgan fingerprint density at radius 3 is 2.50 bits per heavy atom. The molecular formula is C13H14O. The van der Waals surface area contributed by atoms with E-state index in [0.717, 1.165) is 12.8 Å². The molecular weight excluding hydrogens is 172 g/mol. The summed E-state index contributed by atoms with van der Waals surface area (Å²) >= 11 is 0. The molecule has 0 amide bonds. The minimum Gasteiger partial charge on any atom is -0.299 e. The van der Waals surface area contributed by atoms with Gasteiger partial charge in [-0.05, 0) is 30.7 Å². The molecule has 3 atom stereocenters. The molecule has 0 saturated heterocycles. The lowest BCUT2D eigenvalue weighted by atomic mass is 9.82. The standard InChI is InChI=1S/C13H14O/c14-13-11-7-6-10(8-11)12(13)9-4-2-1-3-5-9/h1-5,10-12H,6-8H2/t10-,11+,12+/m0/s1. The van der Waals surface area contributed by atoms with E-state index in [9.17, 15) is 4.79 Å². The largest absolute Gasteiger partial charge is 0.299 e. The van der Waals surface area contributed by atoms with Gasteiger partial charge in [-0.2, -0.15) is 0 Å². The number of hydrogen-bond donors (Lipinski definition) is 0. The molecule has 2 aliphatic carbocycles. The quantitative estimate of drug-likeness (QED) is 0.659. The van der Waals surface area contributed by atoms with Crippen molar-refractivity contribution < 1.29 is 4.79 Å². The third kappa shape index (κ3) is 1.05. The summed E-state index contributed by atoms with van der Waals surface area (Å²) in [6.07, 6.45) is 3.56. The van der Waals surface area contributed by atoms with Crippen LogP contribution in [0.5, 0.6) is 0 Å². The maximum absolute atomic E-state index is 12.0. The summed E-state index contributed by atoms with van der Waals surface area (Å²) in [5, 5.41) is 0. The van der Waals surface area contributed by atoms with Crippen LogP contribution in [-0.4, -0.2) is 5.78 Å². The number of carbonyl (C=O) groups is 1. The molecule has 2 fully saturated rings. The summed E-state index contributed by atoms with van der Waals surface area (Å²) in [6, 6.07) is 10.3. The second-order valence-corrected chi connectivity index (χ2v) is 4.56. The van der Waals surface area contributed by atoms with Crippen LogP contribution in [0.25, 0.3) is 0 Å². The van der Waals surface area contributed by atoms with E-state index in [1.807, 2.05) is 18.2 Å². The van der Waals surface area contributed by atoms with Crippen LogP contribution in [0.4, 0.5) is 0 Å². The van der Waals surface area contributed by atoms with Crippen molar-refractivity contribution in [1.82, 2.24) is 0 Å². The zero-order valence-electron chi connectivity index (χ0n) is 8.15. The van der Waals surface area contributed by atoms with E-state index in [0.29, 0.717) is 17.6 Å². The number of rotatable bonds is 1. The minimum absolute atomic E-state index is 0.231. The van der Waals surface area contributed by atoms with Gasteiger partial charge < -0.3 is 0 Å². The van der Waals surface area contributed by atoms with Crippen LogP contribution in [0.2, 0.25) is 0 Å². The van der Waals surface area contributed by atoms with Gasteiger partial charge in [0.15, 0.2) is 0 Å². The Kier molecular flexibility index (Phi) is 1.73. The van der Waals surface area contributed by atoms with Crippen LogP contribution < -0.4 is 0 Å². The molecule has 2 saturated carbocycles. The Bertz CT molecular complexity index is 355. The van der Waals surface area contributed by atoms with Crippen molar-refractivity contribution in [3.63, 3.8) is 0 Å². The molecule has 14 heavy (non-hydrogen) atoms. The van der Waals surface area contributed by atoms with Gasteiger partial charge in [0.25, 0.3) is 0 Å². The van der Waals surface area contributed by atoms with Gasteiger partial charge in [0.05, 0.1) is 0 Å². The Balaban J connectivity index is 1.97. The summed E-state index contributed by atoms with van der Waals surface area (Å²) in [4.78, 5) is 12.0. The number of fused-ring (bicyclic) bond motifs is 2. The van der Waals surface area contributed by atoms with Crippen molar-refractivity contribution in [3.8, 4) is 0 Å². The van der Waals surface area contributed by atoms with Gasteiger partial charge in [-0.15, -0.1) is 0 Å². The van der Waals surface area contributed by atoms with E-state index < -0.39 is 0 Å². The van der Waals surface area contributed by atoms with Crippen molar-refractivity contribution >= 4 is 5.78 Å². The Hall–Kier alpha value is -1.11. The van der Waals surface area contributed by atoms with Crippen LogP contribution in [0.3, 0.4) is 0 Å². The molecule has 2 bridgehead atoms. The Morgan fingerprint density at radius 2 is 1.86 bits per heavy atom. The molecule has 1 nitrogen and oxygen atoms in total. The van der Waals surface area contributed by atoms with Gasteiger partial charge in [0.2, 0.25) is 0 Å². The number of ketones is 1. The Morgan fingerprint density at radius 1 is 1.07 bits per heavy atom. The Labute approximate surface area is 84.1 Å². The zero-order chi connectivity index (χ0) is 9.54. The summed E-state index contributed by atoms with van der Waals surface area (Å²) in [5.74, 6) is 1.78. The van der Waals surface area contributed by atoms with Crippen molar-refractivity contribution in [2.45, 2.75) is 25.2 Å². The predicted molar refractivity (Wildman–Crippen MR) is 55.0 cm³/mol. The highest BCUT2D eigenvalue weighted by Crippen LogP contribution is 2.50. The molecule has 0 aliphatic heterocycles. The first kappa shape index (κ1) is 8.22. The first-order valence-corrected chi connectivity index (χ1v) is 5.45. The SMILES string of the molecule is O=C1[C@@H]2CC[C@@H](C2)[C@H]1c1ccccc1. The summed E-state index contributed by atoms with van der Waals surface area (Å²) in [5.41, 5.74) is 1.24. The topological polar surface area (TPSA) is 17.1 Å². The first-order valence-electron chi connectivity index (χ1n) is 5.45. The van der Waals surface area contributed by atoms with Crippen LogP contribution in [-0.2, 0) is 4.79 Å². The molecule has 1 aromatic rings. The lowest BCUT2D eigenvalue weighted by Crippen LogP contribution is -2.19. The average Bonchev–Trinajstić information content (AvgIpc) is 2.79. The molecule has 0 radical (unpaired) electrons. The molecule has 1 aromatic carbocycles. The zero-order valence-corrected chi connectivity index (χ0v) is 8.15. The van der Waals surface area contributed by atoms with Gasteiger partial charge in [0, 0.05) is 11.8 Å². The normalized spacial score (nSPS) is 35.1. The predicted octanol–water partition coefficient (Wildman–Crippen LogP) is 2.77. The van der Waals surface area contributed by atoms with E-state index in [1.165, 1.54) is 12.0 Å². The molecule has 0 heterocycles. The van der Waals surface area contributed by atoms with Gasteiger partial charge in [0.1, 0.15) is 5.78 Å². The molecule has 1 heteroatoms. The fourth-order valence-electron chi connectivity index (χ4n) is 3.16. The van der Waals surface area contributed by atoms with Crippen LogP contribution in [0, 0.1) is 11.8 Å². The van der Waals surface area contributed by atoms with Crippen molar-refractivity contribution in [2.75, 3.05) is 0 Å². The van der Waals surface area contributed by atoms with Crippen molar-refractivity contribution in [1.29, 1.82) is 0 Å². The fourth-order valence-corrected chi connectivity index (χ4v) is 3.16. The van der Waals surface area contributed by atoms with E-state index >= 15 is 0 Å². The molecule has 0 N–H and O–H groups in total. The third-order valence-corrected chi connectivity index (χ3v) is 3.81. The smallest absolute Gasteiger partial charge is 0.143 e. The van der Waals surface area contributed by atoms with Crippen molar-refractivity contribution in [2.24, 2.45) is 11.8 Å². The third-order valence-electron chi connectivity index (χ3n) is 3.81. The minimum atomic E-state index is 0.231. The summed E-state index contributed by atoms with van der Waals surface area (Å²) in [6.45, 7) is 0. The fraction of sp³-hybridized carbons (Fsp3) is 0.462. The van der Waals surface area contributed by atoms with Crippen molar-refractivity contribution in [3.05, 3.63) is 35.9 Å².